The van der Waals surface area contributed by atoms with Crippen LogP contribution >= 0.6 is 8.16 Å². The Morgan fingerprint density at radius 2 is 1.15 bits per heavy atom. The summed E-state index contributed by atoms with van der Waals surface area (Å²) in [6.45, 7) is 0.577. The van der Waals surface area contributed by atoms with Gasteiger partial charge in [-0.1, -0.05) is 91.0 Å². The maximum absolute atomic E-state index is 6.91. The summed E-state index contributed by atoms with van der Waals surface area (Å²) in [4.78, 5) is 0. The number of hydrogen-bond donors (Lipinski definition) is 0. The minimum atomic E-state index is -1.64. The van der Waals surface area contributed by atoms with Gasteiger partial charge in [-0.05, 0) is 51.4 Å². The van der Waals surface area contributed by atoms with Crippen molar-refractivity contribution in [2.75, 3.05) is 18.9 Å². The van der Waals surface area contributed by atoms with Crippen molar-refractivity contribution in [2.24, 2.45) is 0 Å². The van der Waals surface area contributed by atoms with Crippen LogP contribution in [0.15, 0.2) is 130 Å². The number of anilines is 1. The minimum Gasteiger partial charge on any atom is -0.493 e. The summed E-state index contributed by atoms with van der Waals surface area (Å²) in [5.74, 6) is 1.31. The van der Waals surface area contributed by atoms with Gasteiger partial charge < -0.3 is 17.9 Å². The van der Waals surface area contributed by atoms with Crippen molar-refractivity contribution in [3.8, 4) is 11.5 Å². The normalized spacial score (nSPS) is 11.3. The van der Waals surface area contributed by atoms with Gasteiger partial charge in [0, 0.05) is 16.8 Å². The number of fused-ring (bicyclic) bond motifs is 7. The molecule has 1 aromatic heterocycles. The van der Waals surface area contributed by atoms with Gasteiger partial charge in [0.2, 0.25) is 0 Å². The van der Waals surface area contributed by atoms with Gasteiger partial charge in [-0.15, -0.1) is 0 Å². The molecule has 0 saturated heterocycles. The first-order valence-electron chi connectivity index (χ1n) is 13.5. The van der Waals surface area contributed by atoms with Crippen molar-refractivity contribution < 1.29 is 17.9 Å². The first-order valence-corrected chi connectivity index (χ1v) is 14.6. The molecular weight excluding hydrogens is 529 g/mol. The van der Waals surface area contributed by atoms with Crippen molar-refractivity contribution in [3.05, 3.63) is 127 Å². The number of benzene rings is 6. The zero-order chi connectivity index (χ0) is 27.8. The van der Waals surface area contributed by atoms with Crippen LogP contribution in [-0.4, -0.2) is 14.2 Å². The van der Waals surface area contributed by atoms with Gasteiger partial charge in [0.05, 0.1) is 26.5 Å². The van der Waals surface area contributed by atoms with Crippen LogP contribution in [0.25, 0.3) is 43.5 Å². The smallest absolute Gasteiger partial charge is 0.341 e. The van der Waals surface area contributed by atoms with Gasteiger partial charge in [-0.3, -0.25) is 4.67 Å². The summed E-state index contributed by atoms with van der Waals surface area (Å²) in [7, 11) is 1.65. The summed E-state index contributed by atoms with van der Waals surface area (Å²) < 4.78 is 27.2. The molecule has 0 saturated carbocycles. The van der Waals surface area contributed by atoms with Gasteiger partial charge in [0.25, 0.3) is 0 Å². The fraction of sp³-hybridized carbons (Fsp3) is 0.0857. The van der Waals surface area contributed by atoms with E-state index in [9.17, 15) is 0 Å². The molecule has 0 aliphatic rings. The maximum Gasteiger partial charge on any atom is 0.341 e. The average Bonchev–Trinajstić information content (AvgIpc) is 3.21. The molecule has 0 aliphatic heterocycles. The average molecular weight is 558 g/mol. The largest absolute Gasteiger partial charge is 0.493 e. The topological polar surface area (TPSA) is 48.0 Å². The Kier molecular flexibility index (Phi) is 6.50. The summed E-state index contributed by atoms with van der Waals surface area (Å²) >= 11 is 0. The lowest BCUT2D eigenvalue weighted by Crippen LogP contribution is -2.12. The van der Waals surface area contributed by atoms with Crippen molar-refractivity contribution in [1.29, 1.82) is 0 Å². The molecule has 0 atom stereocenters. The third-order valence-electron chi connectivity index (χ3n) is 7.42. The number of methoxy groups -OCH3 is 2. The fourth-order valence-corrected chi connectivity index (χ4v) is 6.91. The third-order valence-corrected chi connectivity index (χ3v) is 8.89. The quantitative estimate of drug-likeness (QED) is 0.204. The van der Waals surface area contributed by atoms with Crippen molar-refractivity contribution >= 4 is 57.3 Å². The molecule has 7 aromatic rings. The van der Waals surface area contributed by atoms with Crippen LogP contribution in [0, 0.1) is 0 Å². The van der Waals surface area contributed by atoms with Gasteiger partial charge in [-0.25, -0.2) is 0 Å². The van der Waals surface area contributed by atoms with E-state index < -0.39 is 8.16 Å². The molecule has 1 heterocycles. The Morgan fingerprint density at radius 1 is 0.585 bits per heavy atom. The minimum absolute atomic E-state index is 0.577. The Bertz CT molecular complexity index is 1970. The van der Waals surface area contributed by atoms with E-state index in [0.29, 0.717) is 18.0 Å². The van der Waals surface area contributed by atoms with Gasteiger partial charge in [0.15, 0.2) is 11.5 Å². The lowest BCUT2D eigenvalue weighted by Gasteiger charge is -2.22. The number of hydrogen-bond acceptors (Lipinski definition) is 5. The van der Waals surface area contributed by atoms with Crippen LogP contribution in [0.5, 0.6) is 11.5 Å². The van der Waals surface area contributed by atoms with Gasteiger partial charge in [0.1, 0.15) is 11.2 Å². The van der Waals surface area contributed by atoms with Gasteiger partial charge in [-0.2, -0.15) is 0 Å². The maximum atomic E-state index is 6.91. The lowest BCUT2D eigenvalue weighted by molar-refractivity contribution is 0.355. The van der Waals surface area contributed by atoms with E-state index in [-0.39, 0.29) is 0 Å². The predicted molar refractivity (Wildman–Crippen MR) is 169 cm³/mol. The molecule has 0 bridgehead atoms. The highest BCUT2D eigenvalue weighted by molar-refractivity contribution is 7.39. The van der Waals surface area contributed by atoms with Crippen molar-refractivity contribution in [1.82, 2.24) is 0 Å². The van der Waals surface area contributed by atoms with Crippen LogP contribution in [0.1, 0.15) is 5.56 Å². The molecule has 7 rings (SSSR count). The Hall–Kier alpha value is -4.86. The van der Waals surface area contributed by atoms with Crippen molar-refractivity contribution in [2.45, 2.75) is 6.54 Å². The first-order chi connectivity index (χ1) is 20.2. The van der Waals surface area contributed by atoms with Crippen LogP contribution in [0.3, 0.4) is 0 Å². The standard InChI is InChI=1S/C35H28NO4P/c1-37-30-21-18-27(22-33(30)38-2)36(23-24-10-4-3-5-11-24)41-39-31-19-16-25-12-6-8-14-28(25)34(31)35-29-15-9-7-13-26(29)17-20-32(35)40-41/h3-22H,23H2,1-2H3. The molecule has 0 amide bonds. The second-order valence-corrected chi connectivity index (χ2v) is 11.1. The summed E-state index contributed by atoms with van der Waals surface area (Å²) in [6, 6.07) is 41.5. The number of nitrogens with zero attached hydrogens (tertiary/aromatic N) is 1. The number of rotatable bonds is 6. The van der Waals surface area contributed by atoms with Crippen LogP contribution in [-0.2, 0) is 6.54 Å². The zero-order valence-electron chi connectivity index (χ0n) is 22.8. The highest BCUT2D eigenvalue weighted by Crippen LogP contribution is 2.46. The molecule has 6 heteroatoms. The van der Waals surface area contributed by atoms with E-state index in [4.69, 9.17) is 17.9 Å². The van der Waals surface area contributed by atoms with E-state index in [1.165, 1.54) is 0 Å². The molecule has 0 fully saturated rings. The second kappa shape index (κ2) is 10.6. The second-order valence-electron chi connectivity index (χ2n) is 9.82. The monoisotopic (exact) mass is 557 g/mol. The van der Waals surface area contributed by atoms with Crippen LogP contribution in [0.4, 0.5) is 5.69 Å². The fourth-order valence-electron chi connectivity index (χ4n) is 5.44. The van der Waals surface area contributed by atoms with E-state index in [1.807, 2.05) is 36.4 Å². The summed E-state index contributed by atoms with van der Waals surface area (Å²) in [5, 5.41) is 6.66. The highest BCUT2D eigenvalue weighted by Gasteiger charge is 2.20. The van der Waals surface area contributed by atoms with Crippen molar-refractivity contribution in [3.63, 3.8) is 0 Å². The van der Waals surface area contributed by atoms with E-state index in [2.05, 4.69) is 89.6 Å². The highest BCUT2D eigenvalue weighted by atomic mass is 31.1. The predicted octanol–water partition coefficient (Wildman–Crippen LogP) is 10.1. The van der Waals surface area contributed by atoms with E-state index >= 15 is 0 Å². The van der Waals surface area contributed by atoms with E-state index in [1.54, 1.807) is 14.2 Å². The SMILES string of the molecule is COc1ccc(N(Cc2ccccc2)p2oc3ccc4ccccc4c3c3c(ccc4ccccc43)o2)cc1OC. The molecule has 0 aliphatic carbocycles. The first kappa shape index (κ1) is 25.1. The lowest BCUT2D eigenvalue weighted by atomic mass is 9.99. The Labute approximate surface area is 238 Å². The summed E-state index contributed by atoms with van der Waals surface area (Å²) in [5.41, 5.74) is 3.63. The van der Waals surface area contributed by atoms with Crippen LogP contribution < -0.4 is 14.1 Å². The summed E-state index contributed by atoms with van der Waals surface area (Å²) in [6.07, 6.45) is 0. The molecular formula is C35H28NO4P. The molecule has 0 spiro atoms. The number of ether oxygens (including phenoxy) is 2. The molecule has 0 unspecified atom stereocenters. The molecule has 6 aromatic carbocycles. The Balaban J connectivity index is 1.58. The van der Waals surface area contributed by atoms with Gasteiger partial charge >= 0.3 is 8.16 Å². The molecule has 202 valence electrons. The molecule has 41 heavy (non-hydrogen) atoms. The van der Waals surface area contributed by atoms with E-state index in [0.717, 1.165) is 54.7 Å². The Morgan fingerprint density at radius 3 is 1.73 bits per heavy atom. The third kappa shape index (κ3) is 4.55. The molecule has 0 radical (unpaired) electrons. The molecule has 5 nitrogen and oxygen atoms in total. The van der Waals surface area contributed by atoms with Crippen LogP contribution in [0.2, 0.25) is 0 Å². The molecule has 0 N–H and O–H groups in total. The zero-order valence-corrected chi connectivity index (χ0v) is 23.7.